The third-order valence-corrected chi connectivity index (χ3v) is 5.13. The molecular formula is C25H21BrN2O4. The van der Waals surface area contributed by atoms with Crippen LogP contribution in [0.3, 0.4) is 0 Å². The third kappa shape index (κ3) is 5.56. The summed E-state index contributed by atoms with van der Waals surface area (Å²) in [5.41, 5.74) is 5.01. The van der Waals surface area contributed by atoms with Gasteiger partial charge in [0.2, 0.25) is 0 Å². The Balaban J connectivity index is 1.31. The first kappa shape index (κ1) is 21.6. The minimum atomic E-state index is -0.426. The van der Waals surface area contributed by atoms with Crippen molar-refractivity contribution in [1.82, 2.24) is 5.43 Å². The molecule has 1 N–H and O–H groups in total. The summed E-state index contributed by atoms with van der Waals surface area (Å²) in [7, 11) is 0. The van der Waals surface area contributed by atoms with E-state index in [2.05, 4.69) is 26.5 Å². The first-order valence-corrected chi connectivity index (χ1v) is 10.9. The molecule has 1 aromatic heterocycles. The summed E-state index contributed by atoms with van der Waals surface area (Å²) < 4.78 is 17.9. The normalized spacial score (nSPS) is 11.1. The zero-order chi connectivity index (χ0) is 22.3. The number of furan rings is 1. The maximum atomic E-state index is 12.3. The van der Waals surface area contributed by atoms with Crippen molar-refractivity contribution >= 4 is 39.0 Å². The van der Waals surface area contributed by atoms with Crippen LogP contribution in [0.25, 0.3) is 11.0 Å². The molecule has 0 atom stereocenters. The number of rotatable bonds is 8. The fraction of sp³-hybridized carbons (Fsp3) is 0.120. The Bertz CT molecular complexity index is 1230. The van der Waals surface area contributed by atoms with Gasteiger partial charge in [0, 0.05) is 9.86 Å². The average Bonchev–Trinajstić information content (AvgIpc) is 3.23. The Labute approximate surface area is 194 Å². The highest BCUT2D eigenvalue weighted by atomic mass is 79.9. The Morgan fingerprint density at radius 3 is 2.50 bits per heavy atom. The molecule has 3 aromatic carbocycles. The van der Waals surface area contributed by atoms with Crippen molar-refractivity contribution in [3.8, 4) is 11.5 Å². The lowest BCUT2D eigenvalue weighted by Crippen LogP contribution is -2.16. The zero-order valence-electron chi connectivity index (χ0n) is 17.4. The van der Waals surface area contributed by atoms with Crippen molar-refractivity contribution in [1.29, 1.82) is 0 Å². The van der Waals surface area contributed by atoms with Gasteiger partial charge in [0.25, 0.3) is 0 Å². The summed E-state index contributed by atoms with van der Waals surface area (Å²) >= 11 is 3.42. The van der Waals surface area contributed by atoms with Crippen LogP contribution in [-0.4, -0.2) is 18.7 Å². The molecule has 0 radical (unpaired) electrons. The summed E-state index contributed by atoms with van der Waals surface area (Å²) in [5, 5.41) is 4.81. The van der Waals surface area contributed by atoms with Crippen LogP contribution in [0.4, 0.5) is 0 Å². The number of amides is 1. The summed E-state index contributed by atoms with van der Waals surface area (Å²) in [6.07, 6.45) is 1.56. The van der Waals surface area contributed by atoms with Crippen LogP contribution in [0.15, 0.2) is 86.8 Å². The van der Waals surface area contributed by atoms with Crippen LogP contribution in [-0.2, 0) is 6.61 Å². The van der Waals surface area contributed by atoms with E-state index in [1.54, 1.807) is 24.4 Å². The molecule has 6 nitrogen and oxygen atoms in total. The van der Waals surface area contributed by atoms with Crippen molar-refractivity contribution in [2.75, 3.05) is 6.61 Å². The SMILES string of the molecule is CCOc1ccc2oc(C(=O)N/N=C/c3ccc(OCc4ccc(Br)cc4)cc3)cc2c1. The molecular weight excluding hydrogens is 472 g/mol. The van der Waals surface area contributed by atoms with Gasteiger partial charge in [-0.1, -0.05) is 28.1 Å². The van der Waals surface area contributed by atoms with Crippen LogP contribution < -0.4 is 14.9 Å². The number of hydrazone groups is 1. The van der Waals surface area contributed by atoms with E-state index in [4.69, 9.17) is 13.9 Å². The summed E-state index contributed by atoms with van der Waals surface area (Å²) in [5.74, 6) is 1.24. The number of fused-ring (bicyclic) bond motifs is 1. The van der Waals surface area contributed by atoms with Gasteiger partial charge in [-0.05, 0) is 78.7 Å². The minimum absolute atomic E-state index is 0.183. The van der Waals surface area contributed by atoms with Gasteiger partial charge in [-0.3, -0.25) is 4.79 Å². The Morgan fingerprint density at radius 2 is 1.75 bits per heavy atom. The molecule has 0 fully saturated rings. The highest BCUT2D eigenvalue weighted by Gasteiger charge is 2.12. The molecule has 0 unspecified atom stereocenters. The Morgan fingerprint density at radius 1 is 1.00 bits per heavy atom. The predicted molar refractivity (Wildman–Crippen MR) is 127 cm³/mol. The predicted octanol–water partition coefficient (Wildman–Crippen LogP) is 5.94. The van der Waals surface area contributed by atoms with Crippen LogP contribution >= 0.6 is 15.9 Å². The van der Waals surface area contributed by atoms with Gasteiger partial charge in [-0.2, -0.15) is 5.10 Å². The van der Waals surface area contributed by atoms with Gasteiger partial charge < -0.3 is 13.9 Å². The van der Waals surface area contributed by atoms with E-state index in [0.717, 1.165) is 32.5 Å². The van der Waals surface area contributed by atoms with Crippen molar-refractivity contribution in [2.45, 2.75) is 13.5 Å². The molecule has 0 aliphatic carbocycles. The third-order valence-electron chi connectivity index (χ3n) is 4.60. The second-order valence-corrected chi connectivity index (χ2v) is 7.84. The Hall–Kier alpha value is -3.58. The average molecular weight is 493 g/mol. The topological polar surface area (TPSA) is 73.1 Å². The van der Waals surface area contributed by atoms with Gasteiger partial charge >= 0.3 is 5.91 Å². The van der Waals surface area contributed by atoms with Crippen molar-refractivity contribution in [2.24, 2.45) is 5.10 Å². The Kier molecular flexibility index (Phi) is 6.87. The van der Waals surface area contributed by atoms with Gasteiger partial charge in [0.05, 0.1) is 12.8 Å². The van der Waals surface area contributed by atoms with Crippen LogP contribution in [0.5, 0.6) is 11.5 Å². The van der Waals surface area contributed by atoms with E-state index in [-0.39, 0.29) is 5.76 Å². The van der Waals surface area contributed by atoms with E-state index in [1.165, 1.54) is 0 Å². The highest BCUT2D eigenvalue weighted by Crippen LogP contribution is 2.24. The molecule has 0 aliphatic rings. The van der Waals surface area contributed by atoms with Crippen molar-refractivity contribution in [3.63, 3.8) is 0 Å². The molecule has 0 saturated heterocycles. The van der Waals surface area contributed by atoms with Crippen LogP contribution in [0, 0.1) is 0 Å². The van der Waals surface area contributed by atoms with E-state index in [9.17, 15) is 4.79 Å². The largest absolute Gasteiger partial charge is 0.494 e. The van der Waals surface area contributed by atoms with E-state index in [0.29, 0.717) is 18.8 Å². The second-order valence-electron chi connectivity index (χ2n) is 6.93. The fourth-order valence-corrected chi connectivity index (χ4v) is 3.27. The molecule has 4 aromatic rings. The fourth-order valence-electron chi connectivity index (χ4n) is 3.01. The molecule has 0 bridgehead atoms. The summed E-state index contributed by atoms with van der Waals surface area (Å²) in [6.45, 7) is 2.98. The number of hydrogen-bond donors (Lipinski definition) is 1. The lowest BCUT2D eigenvalue weighted by molar-refractivity contribution is 0.0929. The standard InChI is InChI=1S/C25H21BrN2O4/c1-2-30-22-11-12-23-19(13-22)14-24(32-23)25(29)28-27-15-17-5-9-21(10-6-17)31-16-18-3-7-20(26)8-4-18/h3-15H,2,16H2,1H3,(H,28,29)/b27-15+. The van der Waals surface area contributed by atoms with E-state index in [1.807, 2.05) is 61.5 Å². The number of halogens is 1. The lowest BCUT2D eigenvalue weighted by Gasteiger charge is -2.06. The molecule has 0 saturated carbocycles. The number of nitrogens with one attached hydrogen (secondary N) is 1. The second kappa shape index (κ2) is 10.2. The van der Waals surface area contributed by atoms with Crippen LogP contribution in [0.1, 0.15) is 28.6 Å². The van der Waals surface area contributed by atoms with E-state index < -0.39 is 5.91 Å². The van der Waals surface area contributed by atoms with Gasteiger partial charge in [0.15, 0.2) is 5.76 Å². The van der Waals surface area contributed by atoms with E-state index >= 15 is 0 Å². The molecule has 7 heteroatoms. The lowest BCUT2D eigenvalue weighted by atomic mass is 10.2. The molecule has 4 rings (SSSR count). The number of ether oxygens (including phenoxy) is 2. The highest BCUT2D eigenvalue weighted by molar-refractivity contribution is 9.10. The summed E-state index contributed by atoms with van der Waals surface area (Å²) in [6, 6.07) is 22.5. The van der Waals surface area contributed by atoms with Crippen molar-refractivity contribution in [3.05, 3.63) is 94.2 Å². The van der Waals surface area contributed by atoms with Gasteiger partial charge in [-0.15, -0.1) is 0 Å². The first-order chi connectivity index (χ1) is 15.6. The summed E-state index contributed by atoms with van der Waals surface area (Å²) in [4.78, 5) is 12.3. The molecule has 32 heavy (non-hydrogen) atoms. The minimum Gasteiger partial charge on any atom is -0.494 e. The zero-order valence-corrected chi connectivity index (χ0v) is 19.0. The maximum absolute atomic E-state index is 12.3. The van der Waals surface area contributed by atoms with Crippen molar-refractivity contribution < 1.29 is 18.7 Å². The number of nitrogens with zero attached hydrogens (tertiary/aromatic N) is 1. The number of hydrogen-bond acceptors (Lipinski definition) is 5. The van der Waals surface area contributed by atoms with Gasteiger partial charge in [-0.25, -0.2) is 5.43 Å². The molecule has 0 spiro atoms. The monoisotopic (exact) mass is 492 g/mol. The first-order valence-electron chi connectivity index (χ1n) is 10.1. The number of benzene rings is 3. The van der Waals surface area contributed by atoms with Crippen LogP contribution in [0.2, 0.25) is 0 Å². The van der Waals surface area contributed by atoms with Gasteiger partial charge in [0.1, 0.15) is 23.7 Å². The number of carbonyl (C=O) groups excluding carboxylic acids is 1. The maximum Gasteiger partial charge on any atom is 0.307 e. The smallest absolute Gasteiger partial charge is 0.307 e. The molecule has 162 valence electrons. The molecule has 1 amide bonds. The molecule has 1 heterocycles. The molecule has 0 aliphatic heterocycles. The quantitative estimate of drug-likeness (QED) is 0.244. The number of carbonyl (C=O) groups is 1.